The van der Waals surface area contributed by atoms with Crippen molar-refractivity contribution in [2.45, 2.75) is 38.9 Å². The first-order valence-corrected chi connectivity index (χ1v) is 7.26. The van der Waals surface area contributed by atoms with Crippen LogP contribution in [0.5, 0.6) is 5.75 Å². The van der Waals surface area contributed by atoms with E-state index in [1.165, 1.54) is 0 Å². The number of hydrogen-bond acceptors (Lipinski definition) is 3. The zero-order chi connectivity index (χ0) is 14.4. The molecule has 1 amide bonds. The number of amides is 1. The zero-order valence-corrected chi connectivity index (χ0v) is 12.2. The van der Waals surface area contributed by atoms with Gasteiger partial charge in [-0.1, -0.05) is 18.2 Å². The standard InChI is InChI=1S/C16H23NO3/c1-13-11-17(12-14(2)20-13)16(18)9-6-10-19-15-7-4-3-5-8-15/h3-5,7-8,13-14H,6,9-12H2,1-2H3. The third-order valence-electron chi connectivity index (χ3n) is 3.32. The number of morpholine rings is 1. The van der Waals surface area contributed by atoms with Gasteiger partial charge in [-0.3, -0.25) is 4.79 Å². The van der Waals surface area contributed by atoms with Gasteiger partial charge in [-0.25, -0.2) is 0 Å². The summed E-state index contributed by atoms with van der Waals surface area (Å²) < 4.78 is 11.2. The van der Waals surface area contributed by atoms with E-state index >= 15 is 0 Å². The molecular formula is C16H23NO3. The van der Waals surface area contributed by atoms with Gasteiger partial charge in [0.1, 0.15) is 5.75 Å². The summed E-state index contributed by atoms with van der Waals surface area (Å²) >= 11 is 0. The number of hydrogen-bond donors (Lipinski definition) is 0. The Morgan fingerprint density at radius 2 is 1.90 bits per heavy atom. The van der Waals surface area contributed by atoms with E-state index in [0.717, 1.165) is 12.2 Å². The third kappa shape index (κ3) is 4.53. The Morgan fingerprint density at radius 3 is 2.55 bits per heavy atom. The lowest BCUT2D eigenvalue weighted by molar-refractivity contribution is -0.143. The van der Waals surface area contributed by atoms with E-state index in [4.69, 9.17) is 9.47 Å². The fraction of sp³-hybridized carbons (Fsp3) is 0.562. The molecule has 1 fully saturated rings. The first-order chi connectivity index (χ1) is 9.65. The molecule has 0 aromatic heterocycles. The van der Waals surface area contributed by atoms with E-state index in [2.05, 4.69) is 0 Å². The largest absolute Gasteiger partial charge is 0.494 e. The van der Waals surface area contributed by atoms with Crippen LogP contribution in [0.4, 0.5) is 0 Å². The van der Waals surface area contributed by atoms with Gasteiger partial charge in [0.05, 0.1) is 18.8 Å². The van der Waals surface area contributed by atoms with Crippen LogP contribution in [-0.2, 0) is 9.53 Å². The van der Waals surface area contributed by atoms with Crippen LogP contribution < -0.4 is 4.74 Å². The van der Waals surface area contributed by atoms with E-state index in [-0.39, 0.29) is 18.1 Å². The monoisotopic (exact) mass is 277 g/mol. The highest BCUT2D eigenvalue weighted by molar-refractivity contribution is 5.76. The molecule has 1 saturated heterocycles. The van der Waals surface area contributed by atoms with Crippen LogP contribution in [0, 0.1) is 0 Å². The molecule has 1 aliphatic rings. The van der Waals surface area contributed by atoms with Gasteiger partial charge < -0.3 is 14.4 Å². The molecule has 0 bridgehead atoms. The maximum Gasteiger partial charge on any atom is 0.222 e. The van der Waals surface area contributed by atoms with Crippen molar-refractivity contribution in [3.05, 3.63) is 30.3 Å². The molecule has 2 atom stereocenters. The Balaban J connectivity index is 1.67. The van der Waals surface area contributed by atoms with E-state index in [1.54, 1.807) is 0 Å². The highest BCUT2D eigenvalue weighted by Gasteiger charge is 2.25. The van der Waals surface area contributed by atoms with Crippen molar-refractivity contribution in [3.63, 3.8) is 0 Å². The summed E-state index contributed by atoms with van der Waals surface area (Å²) in [7, 11) is 0. The van der Waals surface area contributed by atoms with Crippen molar-refractivity contribution in [2.24, 2.45) is 0 Å². The van der Waals surface area contributed by atoms with Crippen molar-refractivity contribution in [1.82, 2.24) is 4.90 Å². The normalized spacial score (nSPS) is 22.6. The topological polar surface area (TPSA) is 38.8 Å². The van der Waals surface area contributed by atoms with Crippen LogP contribution in [0.25, 0.3) is 0 Å². The van der Waals surface area contributed by atoms with Crippen LogP contribution in [0.1, 0.15) is 26.7 Å². The lowest BCUT2D eigenvalue weighted by Gasteiger charge is -2.35. The van der Waals surface area contributed by atoms with E-state index in [9.17, 15) is 4.79 Å². The fourth-order valence-corrected chi connectivity index (χ4v) is 2.47. The van der Waals surface area contributed by atoms with E-state index in [0.29, 0.717) is 26.1 Å². The van der Waals surface area contributed by atoms with Crippen molar-refractivity contribution in [1.29, 1.82) is 0 Å². The molecule has 4 nitrogen and oxygen atoms in total. The summed E-state index contributed by atoms with van der Waals surface area (Å²) in [5.74, 6) is 1.05. The Labute approximate surface area is 120 Å². The minimum atomic E-state index is 0.128. The van der Waals surface area contributed by atoms with Crippen LogP contribution >= 0.6 is 0 Å². The molecule has 110 valence electrons. The molecule has 4 heteroatoms. The molecule has 0 N–H and O–H groups in total. The fourth-order valence-electron chi connectivity index (χ4n) is 2.47. The molecule has 0 radical (unpaired) electrons. The molecule has 1 aromatic carbocycles. The third-order valence-corrected chi connectivity index (χ3v) is 3.32. The zero-order valence-electron chi connectivity index (χ0n) is 12.2. The minimum absolute atomic E-state index is 0.128. The van der Waals surface area contributed by atoms with Crippen LogP contribution in [-0.4, -0.2) is 42.7 Å². The molecule has 1 aliphatic heterocycles. The summed E-state index contributed by atoms with van der Waals surface area (Å²) in [6.07, 6.45) is 1.53. The van der Waals surface area contributed by atoms with Gasteiger partial charge in [0.25, 0.3) is 0 Å². The maximum atomic E-state index is 12.1. The number of nitrogens with zero attached hydrogens (tertiary/aromatic N) is 1. The first kappa shape index (κ1) is 14.9. The Morgan fingerprint density at radius 1 is 1.25 bits per heavy atom. The first-order valence-electron chi connectivity index (χ1n) is 7.26. The summed E-state index contributed by atoms with van der Waals surface area (Å²) in [6.45, 7) is 5.99. The molecule has 0 saturated carbocycles. The predicted molar refractivity (Wildman–Crippen MR) is 77.8 cm³/mol. The second kappa shape index (κ2) is 7.29. The van der Waals surface area contributed by atoms with Crippen LogP contribution in [0.2, 0.25) is 0 Å². The number of carbonyl (C=O) groups is 1. The minimum Gasteiger partial charge on any atom is -0.494 e. The molecule has 0 spiro atoms. The maximum absolute atomic E-state index is 12.1. The SMILES string of the molecule is CC1CN(C(=O)CCCOc2ccccc2)CC(C)O1. The molecule has 0 aliphatic carbocycles. The van der Waals surface area contributed by atoms with Gasteiger partial charge in [0.2, 0.25) is 5.91 Å². The Kier molecular flexibility index (Phi) is 5.41. The number of ether oxygens (including phenoxy) is 2. The molecule has 1 aromatic rings. The summed E-state index contributed by atoms with van der Waals surface area (Å²) in [5, 5.41) is 0. The van der Waals surface area contributed by atoms with Crippen molar-refractivity contribution in [2.75, 3.05) is 19.7 Å². The number of para-hydroxylation sites is 1. The molecule has 2 unspecified atom stereocenters. The molecule has 2 rings (SSSR count). The van der Waals surface area contributed by atoms with Gasteiger partial charge >= 0.3 is 0 Å². The Bertz CT molecular complexity index is 411. The second-order valence-corrected chi connectivity index (χ2v) is 5.32. The molecule has 1 heterocycles. The molecular weight excluding hydrogens is 254 g/mol. The van der Waals surface area contributed by atoms with Crippen molar-refractivity contribution >= 4 is 5.91 Å². The van der Waals surface area contributed by atoms with Crippen molar-refractivity contribution in [3.8, 4) is 5.75 Å². The smallest absolute Gasteiger partial charge is 0.222 e. The number of carbonyl (C=O) groups excluding carboxylic acids is 1. The van der Waals surface area contributed by atoms with Gasteiger partial charge in [0.15, 0.2) is 0 Å². The van der Waals surface area contributed by atoms with Crippen molar-refractivity contribution < 1.29 is 14.3 Å². The molecule has 20 heavy (non-hydrogen) atoms. The Hall–Kier alpha value is -1.55. The highest BCUT2D eigenvalue weighted by atomic mass is 16.5. The lowest BCUT2D eigenvalue weighted by Crippen LogP contribution is -2.48. The average molecular weight is 277 g/mol. The quantitative estimate of drug-likeness (QED) is 0.776. The summed E-state index contributed by atoms with van der Waals surface area (Å²) in [4.78, 5) is 14.0. The number of benzene rings is 1. The van der Waals surface area contributed by atoms with E-state index in [1.807, 2.05) is 49.1 Å². The van der Waals surface area contributed by atoms with Gasteiger partial charge in [-0.2, -0.15) is 0 Å². The van der Waals surface area contributed by atoms with Gasteiger partial charge in [-0.15, -0.1) is 0 Å². The van der Waals surface area contributed by atoms with Gasteiger partial charge in [0, 0.05) is 19.5 Å². The van der Waals surface area contributed by atoms with Crippen LogP contribution in [0.15, 0.2) is 30.3 Å². The lowest BCUT2D eigenvalue weighted by atomic mass is 10.2. The summed E-state index contributed by atoms with van der Waals surface area (Å²) in [5.41, 5.74) is 0. The highest BCUT2D eigenvalue weighted by Crippen LogP contribution is 2.13. The predicted octanol–water partition coefficient (Wildman–Crippen LogP) is 2.48. The van der Waals surface area contributed by atoms with Gasteiger partial charge in [-0.05, 0) is 32.4 Å². The van der Waals surface area contributed by atoms with E-state index < -0.39 is 0 Å². The number of rotatable bonds is 5. The average Bonchev–Trinajstić information content (AvgIpc) is 2.43. The summed E-state index contributed by atoms with van der Waals surface area (Å²) in [6, 6.07) is 9.69. The second-order valence-electron chi connectivity index (χ2n) is 5.32. The van der Waals surface area contributed by atoms with Crippen LogP contribution in [0.3, 0.4) is 0 Å².